The molecule has 1 aromatic rings. The lowest BCUT2D eigenvalue weighted by molar-refractivity contribution is 0.416. The van der Waals surface area contributed by atoms with Crippen molar-refractivity contribution in [1.29, 1.82) is 0 Å². The number of rotatable bonds is 7. The van der Waals surface area contributed by atoms with Crippen molar-refractivity contribution in [3.8, 4) is 0 Å². The molecule has 0 aliphatic carbocycles. The van der Waals surface area contributed by atoms with Crippen LogP contribution in [0.3, 0.4) is 0 Å². The highest BCUT2D eigenvalue weighted by Crippen LogP contribution is 2.24. The Kier molecular flexibility index (Phi) is 6.13. The molecule has 0 bridgehead atoms. The van der Waals surface area contributed by atoms with E-state index in [1.54, 1.807) is 24.9 Å². The first-order valence-electron chi connectivity index (χ1n) is 5.62. The average molecular weight is 308 g/mol. The topological polar surface area (TPSA) is 49.4 Å². The van der Waals surface area contributed by atoms with Gasteiger partial charge in [-0.25, -0.2) is 8.42 Å². The minimum atomic E-state index is -3.35. The maximum absolute atomic E-state index is 12.4. The highest BCUT2D eigenvalue weighted by Gasteiger charge is 2.26. The second-order valence-corrected chi connectivity index (χ2v) is 8.18. The van der Waals surface area contributed by atoms with Crippen LogP contribution in [-0.4, -0.2) is 44.9 Å². The van der Waals surface area contributed by atoms with Crippen molar-refractivity contribution in [2.45, 2.75) is 23.7 Å². The minimum absolute atomic E-state index is 0.000139. The van der Waals surface area contributed by atoms with E-state index in [0.29, 0.717) is 10.8 Å². The number of sulfonamides is 1. The third kappa shape index (κ3) is 3.71. The summed E-state index contributed by atoms with van der Waals surface area (Å²) in [6, 6.07) is 1.75. The van der Waals surface area contributed by atoms with Crippen molar-refractivity contribution >= 4 is 33.1 Å². The fraction of sp³-hybridized carbons (Fsp3) is 0.636. The zero-order valence-corrected chi connectivity index (χ0v) is 13.6. The Hall–Kier alpha value is -0.0800. The lowest BCUT2D eigenvalue weighted by Crippen LogP contribution is -2.36. The fourth-order valence-corrected chi connectivity index (χ4v) is 5.06. The van der Waals surface area contributed by atoms with Crippen LogP contribution >= 0.6 is 23.1 Å². The summed E-state index contributed by atoms with van der Waals surface area (Å²) >= 11 is 2.93. The highest BCUT2D eigenvalue weighted by molar-refractivity contribution is 7.98. The second kappa shape index (κ2) is 6.91. The fourth-order valence-electron chi connectivity index (χ4n) is 1.51. The molecule has 0 aliphatic heterocycles. The zero-order valence-electron chi connectivity index (χ0n) is 11.1. The van der Waals surface area contributed by atoms with Gasteiger partial charge in [0.05, 0.1) is 0 Å². The third-order valence-corrected chi connectivity index (χ3v) is 6.92. The number of thioether (sulfide) groups is 1. The van der Waals surface area contributed by atoms with Crippen LogP contribution in [0.2, 0.25) is 0 Å². The van der Waals surface area contributed by atoms with E-state index >= 15 is 0 Å². The van der Waals surface area contributed by atoms with Crippen molar-refractivity contribution < 1.29 is 8.42 Å². The van der Waals surface area contributed by atoms with Crippen LogP contribution < -0.4 is 5.32 Å². The van der Waals surface area contributed by atoms with E-state index in [2.05, 4.69) is 5.32 Å². The van der Waals surface area contributed by atoms with E-state index in [9.17, 15) is 8.42 Å². The van der Waals surface area contributed by atoms with Gasteiger partial charge in [0.15, 0.2) is 0 Å². The van der Waals surface area contributed by atoms with Crippen molar-refractivity contribution in [3.05, 3.63) is 17.0 Å². The number of nitrogens with one attached hydrogen (secondary N) is 1. The third-order valence-electron chi connectivity index (χ3n) is 2.67. The predicted octanol–water partition coefficient (Wildman–Crippen LogP) is 1.84. The molecule has 4 nitrogen and oxygen atoms in total. The van der Waals surface area contributed by atoms with Gasteiger partial charge in [-0.1, -0.05) is 0 Å². The van der Waals surface area contributed by atoms with Crippen molar-refractivity contribution in [3.63, 3.8) is 0 Å². The van der Waals surface area contributed by atoms with Crippen LogP contribution in [0.4, 0.5) is 0 Å². The summed E-state index contributed by atoms with van der Waals surface area (Å²) in [5.74, 6) is 0.796. The predicted molar refractivity (Wildman–Crippen MR) is 79.9 cm³/mol. The van der Waals surface area contributed by atoms with Gasteiger partial charge in [-0.05, 0) is 37.2 Å². The summed E-state index contributed by atoms with van der Waals surface area (Å²) in [7, 11) is 0.145. The van der Waals surface area contributed by atoms with E-state index in [1.807, 2.05) is 25.6 Å². The first-order chi connectivity index (χ1) is 8.43. The molecule has 1 N–H and O–H groups in total. The van der Waals surface area contributed by atoms with Crippen LogP contribution in [0.25, 0.3) is 0 Å². The maximum atomic E-state index is 12.4. The van der Waals surface area contributed by atoms with E-state index < -0.39 is 10.0 Å². The van der Waals surface area contributed by atoms with E-state index in [4.69, 9.17) is 0 Å². The molecule has 1 heterocycles. The van der Waals surface area contributed by atoms with Gasteiger partial charge in [0.1, 0.15) is 4.21 Å². The molecule has 104 valence electrons. The van der Waals surface area contributed by atoms with Gasteiger partial charge in [-0.2, -0.15) is 16.1 Å². The van der Waals surface area contributed by atoms with E-state index in [1.165, 1.54) is 15.6 Å². The van der Waals surface area contributed by atoms with Gasteiger partial charge in [-0.3, -0.25) is 0 Å². The second-order valence-electron chi connectivity index (χ2n) is 4.13. The van der Waals surface area contributed by atoms with Gasteiger partial charge in [-0.15, -0.1) is 11.3 Å². The minimum Gasteiger partial charge on any atom is -0.316 e. The Morgan fingerprint density at radius 1 is 1.56 bits per heavy atom. The van der Waals surface area contributed by atoms with Gasteiger partial charge in [0, 0.05) is 25.4 Å². The van der Waals surface area contributed by atoms with Crippen LogP contribution in [-0.2, 0) is 16.6 Å². The molecule has 1 aromatic heterocycles. The molecule has 1 rings (SSSR count). The summed E-state index contributed by atoms with van der Waals surface area (Å²) < 4.78 is 26.6. The Balaban J connectivity index is 2.90. The molecule has 0 spiro atoms. The Morgan fingerprint density at radius 2 is 2.22 bits per heavy atom. The average Bonchev–Trinajstić information content (AvgIpc) is 2.78. The quantitative estimate of drug-likeness (QED) is 0.835. The summed E-state index contributed by atoms with van der Waals surface area (Å²) in [6.07, 6.45) is 1.98. The summed E-state index contributed by atoms with van der Waals surface area (Å²) in [5, 5.41) is 4.90. The Morgan fingerprint density at radius 3 is 2.78 bits per heavy atom. The maximum Gasteiger partial charge on any atom is 0.252 e. The molecule has 18 heavy (non-hydrogen) atoms. The number of hydrogen-bond donors (Lipinski definition) is 1. The smallest absolute Gasteiger partial charge is 0.252 e. The van der Waals surface area contributed by atoms with Gasteiger partial charge < -0.3 is 5.32 Å². The van der Waals surface area contributed by atoms with Gasteiger partial charge in [0.25, 0.3) is 10.0 Å². The molecule has 0 radical (unpaired) electrons. The molecule has 0 amide bonds. The normalized spacial score (nSPS) is 14.1. The lowest BCUT2D eigenvalue weighted by atomic mass is 10.3. The number of nitrogens with zero attached hydrogens (tertiary/aromatic N) is 1. The summed E-state index contributed by atoms with van der Waals surface area (Å²) in [6.45, 7) is 2.62. The zero-order chi connectivity index (χ0) is 13.8. The molecule has 0 aliphatic rings. The van der Waals surface area contributed by atoms with Crippen LogP contribution in [0, 0.1) is 0 Å². The first kappa shape index (κ1) is 16.0. The van der Waals surface area contributed by atoms with E-state index in [0.717, 1.165) is 11.3 Å². The SMILES string of the molecule is CNCc1csc(S(=O)(=O)N(C)C(C)CSC)c1. The molecular weight excluding hydrogens is 288 g/mol. The Labute approximate surface area is 118 Å². The molecule has 0 saturated heterocycles. The number of hydrogen-bond acceptors (Lipinski definition) is 5. The molecule has 0 aromatic carbocycles. The van der Waals surface area contributed by atoms with Crippen molar-refractivity contribution in [2.24, 2.45) is 0 Å². The van der Waals surface area contributed by atoms with Crippen molar-refractivity contribution in [1.82, 2.24) is 9.62 Å². The van der Waals surface area contributed by atoms with Crippen LogP contribution in [0.15, 0.2) is 15.7 Å². The monoisotopic (exact) mass is 308 g/mol. The molecule has 1 atom stereocenters. The number of thiophene rings is 1. The molecule has 0 saturated carbocycles. The first-order valence-corrected chi connectivity index (χ1v) is 9.33. The molecule has 0 fully saturated rings. The largest absolute Gasteiger partial charge is 0.316 e. The molecular formula is C11H20N2O2S3. The lowest BCUT2D eigenvalue weighted by Gasteiger charge is -2.22. The summed E-state index contributed by atoms with van der Waals surface area (Å²) in [4.78, 5) is 0. The molecule has 7 heteroatoms. The summed E-state index contributed by atoms with van der Waals surface area (Å²) in [5.41, 5.74) is 1.01. The van der Waals surface area contributed by atoms with Crippen LogP contribution in [0.1, 0.15) is 12.5 Å². The standard InChI is InChI=1S/C11H20N2O2S3/c1-9(7-16-4)13(3)18(14,15)11-5-10(6-12-2)8-17-11/h5,8-9,12H,6-7H2,1-4H3. The van der Waals surface area contributed by atoms with Gasteiger partial charge in [0.2, 0.25) is 0 Å². The molecule has 1 unspecified atom stereocenters. The van der Waals surface area contributed by atoms with E-state index in [-0.39, 0.29) is 6.04 Å². The Bertz CT molecular complexity index is 470. The van der Waals surface area contributed by atoms with Gasteiger partial charge >= 0.3 is 0 Å². The van der Waals surface area contributed by atoms with Crippen molar-refractivity contribution in [2.75, 3.05) is 26.1 Å². The van der Waals surface area contributed by atoms with Crippen LogP contribution in [0.5, 0.6) is 0 Å². The highest BCUT2D eigenvalue weighted by atomic mass is 32.2.